The van der Waals surface area contributed by atoms with Crippen LogP contribution in [0.2, 0.25) is 0 Å². The molecule has 0 spiro atoms. The fraction of sp³-hybridized carbons (Fsp3) is 0.0526. The lowest BCUT2D eigenvalue weighted by Crippen LogP contribution is -2.15. The zero-order valence-corrected chi connectivity index (χ0v) is 15.6. The lowest BCUT2D eigenvalue weighted by atomic mass is 10.0. The van der Waals surface area contributed by atoms with Gasteiger partial charge in [-0.15, -0.1) is 5.10 Å². The monoisotopic (exact) mass is 405 g/mol. The maximum absolute atomic E-state index is 13.5. The van der Waals surface area contributed by atoms with Crippen LogP contribution in [0.4, 0.5) is 10.3 Å². The van der Waals surface area contributed by atoms with Crippen molar-refractivity contribution in [3.05, 3.63) is 66.4 Å². The third kappa shape index (κ3) is 4.20. The van der Waals surface area contributed by atoms with Gasteiger partial charge >= 0.3 is 0 Å². The van der Waals surface area contributed by atoms with E-state index >= 15 is 0 Å². The molecule has 0 aliphatic rings. The summed E-state index contributed by atoms with van der Waals surface area (Å²) >= 11 is 1.21. The highest BCUT2D eigenvalue weighted by Crippen LogP contribution is 2.22. The molecule has 1 amide bonds. The van der Waals surface area contributed by atoms with Crippen molar-refractivity contribution < 1.29 is 9.18 Å². The minimum absolute atomic E-state index is 0.0333. The molecule has 3 aromatic heterocycles. The number of amides is 1. The molecule has 0 atom stereocenters. The van der Waals surface area contributed by atoms with Crippen LogP contribution in [-0.4, -0.2) is 36.2 Å². The molecule has 142 valence electrons. The van der Waals surface area contributed by atoms with Crippen molar-refractivity contribution in [2.45, 2.75) is 5.16 Å². The number of carbonyl (C=O) groups excluding carboxylic acids is 1. The van der Waals surface area contributed by atoms with E-state index in [2.05, 4.69) is 25.4 Å². The van der Waals surface area contributed by atoms with Crippen LogP contribution in [0.1, 0.15) is 5.56 Å². The Morgan fingerprint density at radius 3 is 2.79 bits per heavy atom. The number of nitrogens with zero attached hydrogens (tertiary/aromatic N) is 6. The molecule has 0 radical (unpaired) electrons. The Kier molecular flexibility index (Phi) is 5.13. The van der Waals surface area contributed by atoms with Crippen molar-refractivity contribution >= 4 is 29.3 Å². The number of pyridine rings is 1. The lowest BCUT2D eigenvalue weighted by molar-refractivity contribution is -0.113. The van der Waals surface area contributed by atoms with Crippen LogP contribution in [0, 0.1) is 17.1 Å². The number of hydrogen-bond acceptors (Lipinski definition) is 7. The highest BCUT2D eigenvalue weighted by atomic mass is 32.2. The number of anilines is 1. The number of rotatable bonds is 5. The SMILES string of the molecule is N#Cc1cc(-c2ccc3nc(NC(=O)CSc4ncccn4)nn3c2)ccc1F. The van der Waals surface area contributed by atoms with E-state index in [1.54, 1.807) is 42.9 Å². The van der Waals surface area contributed by atoms with Crippen LogP contribution in [0.15, 0.2) is 60.1 Å². The maximum atomic E-state index is 13.5. The molecule has 1 aromatic carbocycles. The van der Waals surface area contributed by atoms with Crippen LogP contribution in [0.5, 0.6) is 0 Å². The van der Waals surface area contributed by atoms with Crippen molar-refractivity contribution in [3.8, 4) is 17.2 Å². The summed E-state index contributed by atoms with van der Waals surface area (Å²) in [5.41, 5.74) is 1.90. The third-order valence-corrected chi connectivity index (χ3v) is 4.75. The average Bonchev–Trinajstić information content (AvgIpc) is 3.14. The quantitative estimate of drug-likeness (QED) is 0.402. The van der Waals surface area contributed by atoms with E-state index in [9.17, 15) is 9.18 Å². The number of aromatic nitrogens is 5. The minimum atomic E-state index is -0.568. The molecule has 3 heterocycles. The number of fused-ring (bicyclic) bond motifs is 1. The fourth-order valence-electron chi connectivity index (χ4n) is 2.55. The molecule has 4 rings (SSSR count). The summed E-state index contributed by atoms with van der Waals surface area (Å²) in [6.45, 7) is 0. The Labute approximate surface area is 168 Å². The van der Waals surface area contributed by atoms with Crippen LogP contribution in [-0.2, 0) is 4.79 Å². The topological polar surface area (TPSA) is 109 Å². The van der Waals surface area contributed by atoms with Gasteiger partial charge in [0, 0.05) is 24.2 Å². The molecular weight excluding hydrogens is 393 g/mol. The minimum Gasteiger partial charge on any atom is -0.292 e. The number of thioether (sulfide) groups is 1. The van der Waals surface area contributed by atoms with E-state index in [0.29, 0.717) is 16.4 Å². The van der Waals surface area contributed by atoms with Gasteiger partial charge in [0.05, 0.1) is 11.3 Å². The summed E-state index contributed by atoms with van der Waals surface area (Å²) < 4.78 is 15.0. The van der Waals surface area contributed by atoms with Crippen molar-refractivity contribution in [1.29, 1.82) is 5.26 Å². The largest absolute Gasteiger partial charge is 0.292 e. The molecule has 1 N–H and O–H groups in total. The van der Waals surface area contributed by atoms with Crippen LogP contribution < -0.4 is 5.32 Å². The zero-order chi connectivity index (χ0) is 20.2. The summed E-state index contributed by atoms with van der Waals surface area (Å²) in [4.78, 5) is 24.5. The van der Waals surface area contributed by atoms with E-state index in [0.717, 1.165) is 5.56 Å². The summed E-state index contributed by atoms with van der Waals surface area (Å²) in [6.07, 6.45) is 4.91. The Bertz CT molecular complexity index is 1240. The molecule has 0 bridgehead atoms. The Hall–Kier alpha value is -3.84. The first kappa shape index (κ1) is 18.5. The smallest absolute Gasteiger partial charge is 0.249 e. The van der Waals surface area contributed by atoms with Crippen molar-refractivity contribution in [2.24, 2.45) is 0 Å². The van der Waals surface area contributed by atoms with Gasteiger partial charge in [-0.25, -0.2) is 18.9 Å². The normalized spacial score (nSPS) is 10.6. The Balaban J connectivity index is 1.50. The predicted octanol–water partition coefficient (Wildman–Crippen LogP) is 2.93. The number of carbonyl (C=O) groups is 1. The van der Waals surface area contributed by atoms with E-state index in [4.69, 9.17) is 5.26 Å². The number of nitrogens with one attached hydrogen (secondary N) is 1. The molecule has 0 aliphatic carbocycles. The van der Waals surface area contributed by atoms with Gasteiger partial charge in [0.2, 0.25) is 11.9 Å². The molecular formula is C19H12FN7OS. The lowest BCUT2D eigenvalue weighted by Gasteiger charge is -2.03. The second-order valence-electron chi connectivity index (χ2n) is 5.83. The molecule has 4 aromatic rings. The van der Waals surface area contributed by atoms with Gasteiger partial charge in [-0.1, -0.05) is 17.8 Å². The van der Waals surface area contributed by atoms with E-state index < -0.39 is 5.82 Å². The molecule has 0 saturated carbocycles. The Morgan fingerprint density at radius 1 is 1.21 bits per heavy atom. The number of benzene rings is 1. The number of nitriles is 1. The van der Waals surface area contributed by atoms with Gasteiger partial charge in [-0.3, -0.25) is 10.1 Å². The van der Waals surface area contributed by atoms with E-state index in [-0.39, 0.29) is 23.2 Å². The number of halogens is 1. The van der Waals surface area contributed by atoms with Gasteiger partial charge in [0.25, 0.3) is 0 Å². The van der Waals surface area contributed by atoms with Crippen molar-refractivity contribution in [1.82, 2.24) is 24.6 Å². The first-order valence-electron chi connectivity index (χ1n) is 8.38. The Morgan fingerprint density at radius 2 is 2.00 bits per heavy atom. The molecule has 10 heteroatoms. The molecule has 0 fully saturated rings. The standard InChI is InChI=1S/C19H12FN7OS/c20-15-4-2-12(8-14(15)9-21)13-3-5-16-24-18(26-27(16)10-13)25-17(28)11-29-19-22-6-1-7-23-19/h1-8,10H,11H2,(H,25,26,28). The highest BCUT2D eigenvalue weighted by molar-refractivity contribution is 7.99. The third-order valence-electron chi connectivity index (χ3n) is 3.88. The van der Waals surface area contributed by atoms with Gasteiger partial charge in [-0.05, 0) is 35.9 Å². The van der Waals surface area contributed by atoms with E-state index in [1.807, 2.05) is 6.07 Å². The van der Waals surface area contributed by atoms with Gasteiger partial charge in [0.1, 0.15) is 11.9 Å². The van der Waals surface area contributed by atoms with Crippen molar-refractivity contribution in [2.75, 3.05) is 11.1 Å². The molecule has 29 heavy (non-hydrogen) atoms. The fourth-order valence-corrected chi connectivity index (χ4v) is 3.15. The van der Waals surface area contributed by atoms with Crippen LogP contribution in [0.3, 0.4) is 0 Å². The van der Waals surface area contributed by atoms with E-state index in [1.165, 1.54) is 28.4 Å². The van der Waals surface area contributed by atoms with Gasteiger partial charge in [0.15, 0.2) is 10.8 Å². The highest BCUT2D eigenvalue weighted by Gasteiger charge is 2.11. The molecule has 0 unspecified atom stereocenters. The summed E-state index contributed by atoms with van der Waals surface area (Å²) in [5.74, 6) is -0.562. The average molecular weight is 405 g/mol. The van der Waals surface area contributed by atoms with Gasteiger partial charge < -0.3 is 0 Å². The molecule has 0 saturated heterocycles. The predicted molar refractivity (Wildman–Crippen MR) is 104 cm³/mol. The summed E-state index contributed by atoms with van der Waals surface area (Å²) in [5, 5.41) is 16.4. The maximum Gasteiger partial charge on any atom is 0.249 e. The van der Waals surface area contributed by atoms with Crippen molar-refractivity contribution in [3.63, 3.8) is 0 Å². The van der Waals surface area contributed by atoms with Crippen LogP contribution in [0.25, 0.3) is 16.8 Å². The van der Waals surface area contributed by atoms with Crippen LogP contribution >= 0.6 is 11.8 Å². The second kappa shape index (κ2) is 8.04. The summed E-state index contributed by atoms with van der Waals surface area (Å²) in [7, 11) is 0. The second-order valence-corrected chi connectivity index (χ2v) is 6.77. The first-order valence-corrected chi connectivity index (χ1v) is 9.37. The summed E-state index contributed by atoms with van der Waals surface area (Å²) in [6, 6.07) is 11.3. The zero-order valence-electron chi connectivity index (χ0n) is 14.8. The molecule has 8 nitrogen and oxygen atoms in total. The van der Waals surface area contributed by atoms with Gasteiger partial charge in [-0.2, -0.15) is 10.2 Å². The number of hydrogen-bond donors (Lipinski definition) is 1. The first-order chi connectivity index (χ1) is 14.1. The molecule has 0 aliphatic heterocycles.